The van der Waals surface area contributed by atoms with E-state index < -0.39 is 25.5 Å². The molecule has 0 saturated carbocycles. The number of azide groups is 1. The molecule has 0 saturated heterocycles. The van der Waals surface area contributed by atoms with Crippen molar-refractivity contribution < 1.29 is 23.8 Å². The van der Waals surface area contributed by atoms with Gasteiger partial charge in [0.2, 0.25) is 0 Å². The Morgan fingerprint density at radius 1 is 1.11 bits per heavy atom. The van der Waals surface area contributed by atoms with Gasteiger partial charge in [0.15, 0.2) is 5.72 Å². The van der Waals surface area contributed by atoms with Crippen molar-refractivity contribution in [1.29, 1.82) is 0 Å². The minimum absolute atomic E-state index is 0.314. The van der Waals surface area contributed by atoms with E-state index in [1.165, 1.54) is 0 Å². The van der Waals surface area contributed by atoms with Gasteiger partial charge in [-0.05, 0) is 84.9 Å². The molecule has 3 unspecified atom stereocenters. The van der Waals surface area contributed by atoms with Crippen LogP contribution in [0.4, 0.5) is 0 Å². The van der Waals surface area contributed by atoms with Crippen molar-refractivity contribution in [2.75, 3.05) is 7.05 Å². The Bertz CT molecular complexity index is 1190. The van der Waals surface area contributed by atoms with Gasteiger partial charge in [0, 0.05) is 12.0 Å². The van der Waals surface area contributed by atoms with E-state index in [0.29, 0.717) is 23.5 Å². The van der Waals surface area contributed by atoms with E-state index in [4.69, 9.17) is 26.8 Å². The highest BCUT2D eigenvalue weighted by Crippen LogP contribution is 2.46. The lowest BCUT2D eigenvalue weighted by Crippen LogP contribution is -2.31. The van der Waals surface area contributed by atoms with Gasteiger partial charge in [-0.15, -0.1) is 0 Å². The van der Waals surface area contributed by atoms with E-state index in [1.807, 2.05) is 33.0 Å². The summed E-state index contributed by atoms with van der Waals surface area (Å²) in [6, 6.07) is 14.0. The molecule has 0 radical (unpaired) electrons. The number of benzene rings is 2. The van der Waals surface area contributed by atoms with Gasteiger partial charge in [-0.3, -0.25) is 9.34 Å². The fraction of sp³-hybridized carbons (Fsp3) is 0.458. The van der Waals surface area contributed by atoms with Crippen LogP contribution in [-0.2, 0) is 22.5 Å². The Morgan fingerprint density at radius 2 is 1.68 bits per heavy atom. The van der Waals surface area contributed by atoms with Crippen molar-refractivity contribution in [1.82, 2.24) is 4.78 Å². The summed E-state index contributed by atoms with van der Waals surface area (Å²) >= 11 is 5.92. The van der Waals surface area contributed by atoms with Crippen LogP contribution >= 0.6 is 14.4 Å². The second-order valence-corrected chi connectivity index (χ2v) is 14.1. The molecule has 0 aliphatic carbocycles. The van der Waals surface area contributed by atoms with E-state index in [9.17, 15) is 14.4 Å². The number of nitrogens with zero attached hydrogens (tertiary/aromatic N) is 5. The third-order valence-electron chi connectivity index (χ3n) is 5.64. The minimum atomic E-state index is -4.13. The maximum absolute atomic E-state index is 11.2. The molecule has 0 spiro atoms. The van der Waals surface area contributed by atoms with Crippen LogP contribution in [0.1, 0.15) is 58.1 Å². The predicted molar refractivity (Wildman–Crippen MR) is 152 cm³/mol. The molecule has 0 heterocycles. The molecule has 10 nitrogen and oxygen atoms in total. The molecule has 13 heteroatoms. The Kier molecular flexibility index (Phi) is 11.2. The Labute approximate surface area is 223 Å². The van der Waals surface area contributed by atoms with Gasteiger partial charge in [-0.1, -0.05) is 44.2 Å². The Balaban J connectivity index is 2.11. The number of hydrogen-bond acceptors (Lipinski definition) is 6. The Morgan fingerprint density at radius 3 is 2.19 bits per heavy atom. The molecule has 37 heavy (non-hydrogen) atoms. The van der Waals surface area contributed by atoms with Gasteiger partial charge in [-0.2, -0.15) is 5.10 Å². The van der Waals surface area contributed by atoms with Crippen LogP contribution in [0.2, 0.25) is 0 Å². The predicted octanol–water partition coefficient (Wildman–Crippen LogP) is 6.63. The highest BCUT2D eigenvalue weighted by molar-refractivity contribution is 8.04. The molecule has 2 aromatic rings. The maximum Gasteiger partial charge on any atom is 0.329 e. The SMILES string of the molecule is CCCC(C)(Oc1ccc(CP(=O)(O)O)cc1)[PH](=S)N(C)/N=C/c1ccc(OC(C)(CC)N=[N+]=[N-])cc1. The second kappa shape index (κ2) is 13.4. The first-order valence-electron chi connectivity index (χ1n) is 11.8. The van der Waals surface area contributed by atoms with Crippen molar-refractivity contribution in [3.05, 3.63) is 70.1 Å². The van der Waals surface area contributed by atoms with E-state index in [0.717, 1.165) is 18.4 Å². The van der Waals surface area contributed by atoms with Crippen LogP contribution in [0.15, 0.2) is 58.7 Å². The van der Waals surface area contributed by atoms with Crippen molar-refractivity contribution in [2.24, 2.45) is 10.2 Å². The second-order valence-electron chi connectivity index (χ2n) is 9.01. The first kappa shape index (κ1) is 30.8. The first-order chi connectivity index (χ1) is 17.3. The topological polar surface area (TPSA) is 140 Å². The van der Waals surface area contributed by atoms with Crippen molar-refractivity contribution in [2.45, 2.75) is 64.2 Å². The van der Waals surface area contributed by atoms with Crippen LogP contribution in [0.5, 0.6) is 11.5 Å². The summed E-state index contributed by atoms with van der Waals surface area (Å²) in [6.45, 7) is 5.95. The van der Waals surface area contributed by atoms with Gasteiger partial charge >= 0.3 is 7.60 Å². The third-order valence-corrected chi connectivity index (χ3v) is 10.5. The minimum Gasteiger partial charge on any atom is -0.481 e. The van der Waals surface area contributed by atoms with Gasteiger partial charge in [0.05, 0.1) is 19.2 Å². The van der Waals surface area contributed by atoms with Gasteiger partial charge in [0.1, 0.15) is 16.8 Å². The molecule has 2 aromatic carbocycles. The monoisotopic (exact) mass is 567 g/mol. The molecule has 0 amide bonds. The number of hydrogen-bond donors (Lipinski definition) is 2. The molecule has 2 rings (SSSR count). The normalized spacial score (nSPS) is 15.8. The van der Waals surface area contributed by atoms with Gasteiger partial charge in [0.25, 0.3) is 0 Å². The summed E-state index contributed by atoms with van der Waals surface area (Å²) in [4.78, 5) is 21.2. The maximum atomic E-state index is 11.2. The van der Waals surface area contributed by atoms with Crippen LogP contribution in [0.3, 0.4) is 0 Å². The fourth-order valence-electron chi connectivity index (χ4n) is 3.52. The number of hydrazone groups is 1. The largest absolute Gasteiger partial charge is 0.481 e. The zero-order valence-electron chi connectivity index (χ0n) is 21.7. The Hall–Kier alpha value is -2.38. The van der Waals surface area contributed by atoms with Crippen molar-refractivity contribution in [3.8, 4) is 11.5 Å². The summed E-state index contributed by atoms with van der Waals surface area (Å²) < 4.78 is 25.2. The summed E-state index contributed by atoms with van der Waals surface area (Å²) in [7, 11) is -2.30. The molecule has 202 valence electrons. The lowest BCUT2D eigenvalue weighted by atomic mass is 10.2. The van der Waals surface area contributed by atoms with Crippen molar-refractivity contribution in [3.63, 3.8) is 0 Å². The molecular formula is C24H35N5O5P2S. The summed E-state index contributed by atoms with van der Waals surface area (Å²) in [5.74, 6) is 1.18. The third kappa shape index (κ3) is 9.78. The lowest BCUT2D eigenvalue weighted by molar-refractivity contribution is 0.0921. The molecule has 3 atom stereocenters. The molecule has 0 fully saturated rings. The van der Waals surface area contributed by atoms with E-state index in [-0.39, 0.29) is 6.16 Å². The quantitative estimate of drug-likeness (QED) is 0.0652. The van der Waals surface area contributed by atoms with Crippen LogP contribution in [-0.4, -0.2) is 38.9 Å². The van der Waals surface area contributed by atoms with Gasteiger partial charge < -0.3 is 19.3 Å². The summed E-state index contributed by atoms with van der Waals surface area (Å²) in [5.41, 5.74) is 9.20. The summed E-state index contributed by atoms with van der Waals surface area (Å²) in [6.07, 6.45) is 3.53. The van der Waals surface area contributed by atoms with E-state index in [1.54, 1.807) is 54.3 Å². The first-order valence-corrected chi connectivity index (χ1v) is 16.2. The highest BCUT2D eigenvalue weighted by atomic mass is 32.4. The summed E-state index contributed by atoms with van der Waals surface area (Å²) in [5, 5.41) is 7.65. The molecule has 0 aliphatic rings. The van der Waals surface area contributed by atoms with Crippen molar-refractivity contribution >= 4 is 32.5 Å². The van der Waals surface area contributed by atoms with Crippen LogP contribution in [0, 0.1) is 0 Å². The average Bonchev–Trinajstić information content (AvgIpc) is 2.83. The zero-order chi connectivity index (χ0) is 27.7. The van der Waals surface area contributed by atoms with Crippen LogP contribution < -0.4 is 9.47 Å². The molecule has 0 bridgehead atoms. The smallest absolute Gasteiger partial charge is 0.329 e. The van der Waals surface area contributed by atoms with E-state index >= 15 is 0 Å². The average molecular weight is 568 g/mol. The standard InChI is InChI=1S/C24H35N5O5P2S/c1-6-16-24(4,34-22-14-10-20(11-15-22)18-36(30,31)32)35(37)29(5)26-17-19-8-12-21(13-9-19)33-23(3,7-2)27-28-25/h8-15,17,35H,6-7,16,18H2,1-5H3,(H2,30,31,32)/b26-17+. The molecular weight excluding hydrogens is 532 g/mol. The fourth-order valence-corrected chi connectivity index (χ4v) is 6.30. The lowest BCUT2D eigenvalue weighted by Gasteiger charge is -2.35. The molecule has 0 aromatic heterocycles. The van der Waals surface area contributed by atoms with Crippen LogP contribution in [0.25, 0.3) is 10.4 Å². The van der Waals surface area contributed by atoms with E-state index in [2.05, 4.69) is 22.1 Å². The number of ether oxygens (including phenoxy) is 2. The molecule has 2 N–H and O–H groups in total. The number of rotatable bonds is 14. The molecule has 0 aliphatic heterocycles. The highest BCUT2D eigenvalue weighted by Gasteiger charge is 2.32. The van der Waals surface area contributed by atoms with Gasteiger partial charge in [-0.25, -0.2) is 0 Å². The zero-order valence-corrected chi connectivity index (χ0v) is 24.4.